The van der Waals surface area contributed by atoms with Crippen molar-refractivity contribution >= 4 is 17.7 Å². The average Bonchev–Trinajstić information content (AvgIpc) is 3.45. The van der Waals surface area contributed by atoms with Gasteiger partial charge in [-0.05, 0) is 38.9 Å². The molecule has 1 saturated heterocycles. The van der Waals surface area contributed by atoms with Crippen LogP contribution in [0.4, 0.5) is 16.4 Å². The Balaban J connectivity index is 1.43. The zero-order valence-electron chi connectivity index (χ0n) is 17.5. The van der Waals surface area contributed by atoms with Crippen molar-refractivity contribution in [2.75, 3.05) is 37.0 Å². The first-order valence-electron chi connectivity index (χ1n) is 10.7. The second kappa shape index (κ2) is 7.85. The first kappa shape index (κ1) is 19.3. The van der Waals surface area contributed by atoms with E-state index in [1.165, 1.54) is 5.56 Å². The van der Waals surface area contributed by atoms with E-state index in [1.807, 2.05) is 24.3 Å². The monoisotopic (exact) mass is 408 g/mol. The van der Waals surface area contributed by atoms with E-state index in [4.69, 9.17) is 14.7 Å². The molecule has 1 aliphatic carbocycles. The number of ether oxygens (including phenoxy) is 1. The molecule has 1 aromatic heterocycles. The molecular weight excluding hydrogens is 380 g/mol. The first-order valence-corrected chi connectivity index (χ1v) is 10.7. The van der Waals surface area contributed by atoms with Gasteiger partial charge in [0.1, 0.15) is 0 Å². The van der Waals surface area contributed by atoms with Crippen LogP contribution in [0.3, 0.4) is 0 Å². The predicted molar refractivity (Wildman–Crippen MR) is 115 cm³/mol. The molecule has 3 aliphatic rings. The third-order valence-electron chi connectivity index (χ3n) is 5.88. The SMILES string of the molecule is CC1COCCN1c1nc2c(c(-c3ccc(NC(=O)NC4CC4)cc3)n1)CN(C)C2. The number of fused-ring (bicyclic) bond motifs is 1. The van der Waals surface area contributed by atoms with E-state index in [9.17, 15) is 4.79 Å². The molecule has 8 heteroatoms. The number of aromatic nitrogens is 2. The van der Waals surface area contributed by atoms with Crippen LogP contribution >= 0.6 is 0 Å². The molecule has 2 aliphatic heterocycles. The maximum Gasteiger partial charge on any atom is 0.319 e. The molecule has 3 heterocycles. The quantitative estimate of drug-likeness (QED) is 0.809. The Labute approximate surface area is 176 Å². The summed E-state index contributed by atoms with van der Waals surface area (Å²) >= 11 is 0. The Kier molecular flexibility index (Phi) is 5.04. The number of amides is 2. The molecule has 8 nitrogen and oxygen atoms in total. The van der Waals surface area contributed by atoms with Crippen LogP contribution in [0.1, 0.15) is 31.0 Å². The molecule has 2 aromatic rings. The fraction of sp³-hybridized carbons (Fsp3) is 0.500. The largest absolute Gasteiger partial charge is 0.377 e. The molecular formula is C22H28N6O2. The lowest BCUT2D eigenvalue weighted by molar-refractivity contribution is 0.0980. The van der Waals surface area contributed by atoms with Crippen LogP contribution in [-0.2, 0) is 17.8 Å². The second-order valence-corrected chi connectivity index (χ2v) is 8.54. The lowest BCUT2D eigenvalue weighted by Gasteiger charge is -2.33. The predicted octanol–water partition coefficient (Wildman–Crippen LogP) is 2.60. The minimum absolute atomic E-state index is 0.140. The molecule has 1 unspecified atom stereocenters. The zero-order chi connectivity index (χ0) is 20.7. The average molecular weight is 409 g/mol. The van der Waals surface area contributed by atoms with Gasteiger partial charge in [-0.15, -0.1) is 0 Å². The number of morpholine rings is 1. The summed E-state index contributed by atoms with van der Waals surface area (Å²) in [4.78, 5) is 26.4. The molecule has 2 N–H and O–H groups in total. The zero-order valence-corrected chi connectivity index (χ0v) is 17.5. The Morgan fingerprint density at radius 1 is 1.17 bits per heavy atom. The number of hydrogen-bond acceptors (Lipinski definition) is 6. The molecule has 1 saturated carbocycles. The fourth-order valence-electron chi connectivity index (χ4n) is 4.08. The van der Waals surface area contributed by atoms with Gasteiger partial charge in [-0.1, -0.05) is 12.1 Å². The van der Waals surface area contributed by atoms with Crippen molar-refractivity contribution in [2.45, 2.75) is 44.9 Å². The first-order chi connectivity index (χ1) is 14.6. The lowest BCUT2D eigenvalue weighted by atomic mass is 10.1. The Bertz CT molecular complexity index is 943. The molecule has 30 heavy (non-hydrogen) atoms. The van der Waals surface area contributed by atoms with Gasteiger partial charge in [0.05, 0.1) is 30.6 Å². The minimum atomic E-state index is -0.140. The number of nitrogens with one attached hydrogen (secondary N) is 2. The summed E-state index contributed by atoms with van der Waals surface area (Å²) in [5.41, 5.74) is 5.09. The molecule has 0 bridgehead atoms. The molecule has 158 valence electrons. The van der Waals surface area contributed by atoms with Crippen LogP contribution < -0.4 is 15.5 Å². The Hall–Kier alpha value is -2.71. The third kappa shape index (κ3) is 3.97. The molecule has 2 amide bonds. The van der Waals surface area contributed by atoms with E-state index in [2.05, 4.69) is 34.4 Å². The summed E-state index contributed by atoms with van der Waals surface area (Å²) in [6.45, 7) is 6.01. The molecule has 1 aromatic carbocycles. The summed E-state index contributed by atoms with van der Waals surface area (Å²) in [5.74, 6) is 0.779. The fourth-order valence-corrected chi connectivity index (χ4v) is 4.08. The number of hydrogen-bond donors (Lipinski definition) is 2. The summed E-state index contributed by atoms with van der Waals surface area (Å²) in [7, 11) is 2.11. The van der Waals surface area contributed by atoms with Crippen molar-refractivity contribution in [3.63, 3.8) is 0 Å². The maximum atomic E-state index is 12.0. The van der Waals surface area contributed by atoms with Gasteiger partial charge in [-0.3, -0.25) is 4.90 Å². The van der Waals surface area contributed by atoms with Crippen LogP contribution in [0.25, 0.3) is 11.3 Å². The van der Waals surface area contributed by atoms with E-state index < -0.39 is 0 Å². The number of rotatable bonds is 4. The molecule has 2 fully saturated rings. The van der Waals surface area contributed by atoms with Crippen molar-refractivity contribution in [3.05, 3.63) is 35.5 Å². The van der Waals surface area contributed by atoms with E-state index in [0.717, 1.165) is 61.1 Å². The number of anilines is 2. The van der Waals surface area contributed by atoms with Crippen molar-refractivity contribution in [3.8, 4) is 11.3 Å². The highest BCUT2D eigenvalue weighted by molar-refractivity contribution is 5.90. The van der Waals surface area contributed by atoms with Crippen LogP contribution in [0.5, 0.6) is 0 Å². The normalized spacial score (nSPS) is 21.4. The van der Waals surface area contributed by atoms with Crippen LogP contribution in [-0.4, -0.2) is 59.8 Å². The third-order valence-corrected chi connectivity index (χ3v) is 5.88. The lowest BCUT2D eigenvalue weighted by Crippen LogP contribution is -2.44. The van der Waals surface area contributed by atoms with Gasteiger partial charge in [0.15, 0.2) is 0 Å². The molecule has 0 radical (unpaired) electrons. The number of nitrogens with zero attached hydrogens (tertiary/aromatic N) is 4. The van der Waals surface area contributed by atoms with Gasteiger partial charge in [0.2, 0.25) is 5.95 Å². The van der Waals surface area contributed by atoms with E-state index in [-0.39, 0.29) is 12.1 Å². The molecule has 1 atom stereocenters. The molecule has 5 rings (SSSR count). The Morgan fingerprint density at radius 3 is 2.70 bits per heavy atom. The van der Waals surface area contributed by atoms with Gasteiger partial charge >= 0.3 is 6.03 Å². The van der Waals surface area contributed by atoms with Crippen LogP contribution in [0, 0.1) is 0 Å². The van der Waals surface area contributed by atoms with Crippen molar-refractivity contribution < 1.29 is 9.53 Å². The highest BCUT2D eigenvalue weighted by atomic mass is 16.5. The molecule has 0 spiro atoms. The van der Waals surface area contributed by atoms with Gasteiger partial charge in [0.25, 0.3) is 0 Å². The van der Waals surface area contributed by atoms with E-state index in [0.29, 0.717) is 19.3 Å². The smallest absolute Gasteiger partial charge is 0.319 e. The van der Waals surface area contributed by atoms with Crippen molar-refractivity contribution in [2.24, 2.45) is 0 Å². The summed E-state index contributed by atoms with van der Waals surface area (Å²) in [6.07, 6.45) is 2.15. The van der Waals surface area contributed by atoms with Crippen molar-refractivity contribution in [1.82, 2.24) is 20.2 Å². The number of carbonyl (C=O) groups is 1. The van der Waals surface area contributed by atoms with Crippen LogP contribution in [0.15, 0.2) is 24.3 Å². The van der Waals surface area contributed by atoms with E-state index >= 15 is 0 Å². The topological polar surface area (TPSA) is 82.6 Å². The standard InChI is InChI=1S/C22H28N6O2/c1-14-13-30-10-9-28(14)21-25-19-12-27(2)11-18(19)20(26-21)15-3-5-16(6-4-15)23-22(29)24-17-7-8-17/h3-6,14,17H,7-13H2,1-2H3,(H2,23,24,29). The minimum Gasteiger partial charge on any atom is -0.377 e. The van der Waals surface area contributed by atoms with Gasteiger partial charge < -0.3 is 20.3 Å². The van der Waals surface area contributed by atoms with Crippen LogP contribution in [0.2, 0.25) is 0 Å². The highest BCUT2D eigenvalue weighted by Gasteiger charge is 2.28. The van der Waals surface area contributed by atoms with Gasteiger partial charge in [-0.25, -0.2) is 14.8 Å². The van der Waals surface area contributed by atoms with Gasteiger partial charge in [0, 0.05) is 42.5 Å². The van der Waals surface area contributed by atoms with Gasteiger partial charge in [-0.2, -0.15) is 0 Å². The van der Waals surface area contributed by atoms with E-state index in [1.54, 1.807) is 0 Å². The summed E-state index contributed by atoms with van der Waals surface area (Å²) in [6, 6.07) is 8.38. The number of urea groups is 1. The number of benzene rings is 1. The Morgan fingerprint density at radius 2 is 1.97 bits per heavy atom. The summed E-state index contributed by atoms with van der Waals surface area (Å²) < 4.78 is 5.59. The second-order valence-electron chi connectivity index (χ2n) is 8.54. The number of carbonyl (C=O) groups excluding carboxylic acids is 1. The van der Waals surface area contributed by atoms with Crippen molar-refractivity contribution in [1.29, 1.82) is 0 Å². The summed E-state index contributed by atoms with van der Waals surface area (Å²) in [5, 5.41) is 5.85. The maximum absolute atomic E-state index is 12.0. The highest BCUT2D eigenvalue weighted by Crippen LogP contribution is 2.33.